The first-order chi connectivity index (χ1) is 13.3. The molecule has 1 fully saturated rings. The Kier molecular flexibility index (Phi) is 4.79. The third-order valence-corrected chi connectivity index (χ3v) is 7.19. The molecule has 150 valence electrons. The molecule has 0 spiro atoms. The summed E-state index contributed by atoms with van der Waals surface area (Å²) in [7, 11) is 4.18. The zero-order chi connectivity index (χ0) is 20.2. The van der Waals surface area contributed by atoms with E-state index in [9.17, 15) is 19.8 Å². The van der Waals surface area contributed by atoms with Gasteiger partial charge < -0.3 is 14.8 Å². The third-order valence-electron chi connectivity index (χ3n) is 7.19. The number of carbonyl (C=O) groups is 2. The van der Waals surface area contributed by atoms with Crippen LogP contribution in [-0.4, -0.2) is 51.1 Å². The van der Waals surface area contributed by atoms with E-state index in [2.05, 4.69) is 41.8 Å². The fourth-order valence-corrected chi connectivity index (χ4v) is 5.86. The number of fused-ring (bicyclic) bond motifs is 6. The summed E-state index contributed by atoms with van der Waals surface area (Å²) in [6, 6.07) is 8.60. The quantitative estimate of drug-likeness (QED) is 0.827. The molecule has 6 nitrogen and oxygen atoms in total. The molecule has 0 saturated carbocycles. The number of hydrogen-bond acceptors (Lipinski definition) is 4. The number of aliphatic carboxylic acids is 1. The van der Waals surface area contributed by atoms with Gasteiger partial charge in [0, 0.05) is 48.1 Å². The molecule has 1 saturated heterocycles. The summed E-state index contributed by atoms with van der Waals surface area (Å²) < 4.78 is 2.25. The summed E-state index contributed by atoms with van der Waals surface area (Å²) in [5.41, 5.74) is 3.79. The standard InChI is InChI=1S/C22H28N2O4/c1-12(26)14(10-21(27)28)15-8-20-22-16(9-19(23(20)2)17(15)11-25)13-6-4-5-7-18(13)24(22)3/h4-7,14-15,17,19-20,25H,8-11H2,1-3H3,(H,27,28)/t14?,15-,17+,19-,20-/m0/s1. The van der Waals surface area contributed by atoms with Crippen molar-refractivity contribution in [3.8, 4) is 0 Å². The van der Waals surface area contributed by atoms with Crippen molar-refractivity contribution >= 4 is 22.7 Å². The molecule has 3 heterocycles. The van der Waals surface area contributed by atoms with Gasteiger partial charge in [0.1, 0.15) is 5.78 Å². The topological polar surface area (TPSA) is 82.8 Å². The highest BCUT2D eigenvalue weighted by Gasteiger charge is 2.49. The Morgan fingerprint density at radius 2 is 1.96 bits per heavy atom. The van der Waals surface area contributed by atoms with Crippen molar-refractivity contribution in [1.82, 2.24) is 9.47 Å². The van der Waals surface area contributed by atoms with Crippen molar-refractivity contribution in [1.29, 1.82) is 0 Å². The fourth-order valence-electron chi connectivity index (χ4n) is 5.86. The number of piperidine rings is 1. The number of para-hydroxylation sites is 1. The SMILES string of the molecule is CC(=O)C(CC(=O)O)[C@@H]1C[C@H]2c3c(c4ccccc4n3C)C[C@@H]([C@@H]1CO)N2C. The van der Waals surface area contributed by atoms with Gasteiger partial charge in [-0.2, -0.15) is 0 Å². The van der Waals surface area contributed by atoms with Crippen molar-refractivity contribution in [2.24, 2.45) is 24.8 Å². The maximum atomic E-state index is 12.3. The van der Waals surface area contributed by atoms with Gasteiger partial charge in [0.25, 0.3) is 0 Å². The van der Waals surface area contributed by atoms with E-state index in [-0.39, 0.29) is 42.7 Å². The molecule has 1 aromatic carbocycles. The molecule has 2 N–H and O–H groups in total. The first-order valence-electron chi connectivity index (χ1n) is 9.96. The van der Waals surface area contributed by atoms with Gasteiger partial charge in [-0.1, -0.05) is 18.2 Å². The number of benzene rings is 1. The first kappa shape index (κ1) is 19.2. The fraction of sp³-hybridized carbons (Fsp3) is 0.545. The molecule has 0 aliphatic carbocycles. The van der Waals surface area contributed by atoms with E-state index < -0.39 is 11.9 Å². The summed E-state index contributed by atoms with van der Waals surface area (Å²) in [5, 5.41) is 20.8. The molecule has 2 bridgehead atoms. The van der Waals surface area contributed by atoms with Gasteiger partial charge >= 0.3 is 5.97 Å². The molecule has 2 aromatic rings. The van der Waals surface area contributed by atoms with E-state index in [0.29, 0.717) is 6.42 Å². The molecular weight excluding hydrogens is 356 g/mol. The van der Waals surface area contributed by atoms with Gasteiger partial charge in [0.05, 0.1) is 12.5 Å². The van der Waals surface area contributed by atoms with E-state index in [1.54, 1.807) is 0 Å². The molecule has 28 heavy (non-hydrogen) atoms. The monoisotopic (exact) mass is 384 g/mol. The number of rotatable bonds is 5. The molecule has 4 rings (SSSR count). The number of aliphatic hydroxyl groups is 1. The zero-order valence-corrected chi connectivity index (χ0v) is 16.6. The largest absolute Gasteiger partial charge is 0.481 e. The van der Waals surface area contributed by atoms with Crippen molar-refractivity contribution < 1.29 is 19.8 Å². The van der Waals surface area contributed by atoms with Crippen LogP contribution >= 0.6 is 0 Å². The van der Waals surface area contributed by atoms with E-state index in [1.807, 2.05) is 6.07 Å². The Labute approximate surface area is 164 Å². The number of aliphatic hydroxyl groups excluding tert-OH is 1. The number of Topliss-reactive ketones (excluding diaryl/α,β-unsaturated/α-hetero) is 1. The third kappa shape index (κ3) is 2.78. The van der Waals surface area contributed by atoms with E-state index >= 15 is 0 Å². The molecular formula is C22H28N2O4. The first-order valence-corrected chi connectivity index (χ1v) is 9.96. The van der Waals surface area contributed by atoms with Crippen LogP contribution in [-0.2, 0) is 23.1 Å². The molecule has 0 radical (unpaired) electrons. The smallest absolute Gasteiger partial charge is 0.304 e. The van der Waals surface area contributed by atoms with Gasteiger partial charge in [-0.3, -0.25) is 14.5 Å². The van der Waals surface area contributed by atoms with Gasteiger partial charge in [-0.25, -0.2) is 0 Å². The zero-order valence-electron chi connectivity index (χ0n) is 16.6. The number of ketones is 1. The van der Waals surface area contributed by atoms with Crippen LogP contribution in [0.5, 0.6) is 0 Å². The highest BCUT2D eigenvalue weighted by Crippen LogP contribution is 2.50. The average molecular weight is 384 g/mol. The summed E-state index contributed by atoms with van der Waals surface area (Å²) in [6.45, 7) is 1.45. The molecule has 1 aromatic heterocycles. The highest BCUT2D eigenvalue weighted by molar-refractivity contribution is 5.86. The van der Waals surface area contributed by atoms with E-state index in [1.165, 1.54) is 29.1 Å². The summed E-state index contributed by atoms with van der Waals surface area (Å²) >= 11 is 0. The molecule has 0 amide bonds. The van der Waals surface area contributed by atoms with Crippen LogP contribution in [0.2, 0.25) is 0 Å². The van der Waals surface area contributed by atoms with Crippen molar-refractivity contribution in [2.75, 3.05) is 13.7 Å². The number of hydrogen-bond donors (Lipinski definition) is 2. The number of likely N-dealkylation sites (N-methyl/N-ethyl adjacent to an activating group) is 1. The second-order valence-electron chi connectivity index (χ2n) is 8.45. The lowest BCUT2D eigenvalue weighted by atomic mass is 9.65. The van der Waals surface area contributed by atoms with Crippen molar-refractivity contribution in [3.05, 3.63) is 35.5 Å². The Morgan fingerprint density at radius 1 is 1.25 bits per heavy atom. The average Bonchev–Trinajstić information content (AvgIpc) is 2.92. The lowest BCUT2D eigenvalue weighted by Crippen LogP contribution is -2.56. The minimum atomic E-state index is -0.953. The van der Waals surface area contributed by atoms with Crippen molar-refractivity contribution in [2.45, 2.75) is 38.3 Å². The Balaban J connectivity index is 1.82. The number of carboxylic acid groups (broad SMARTS) is 1. The van der Waals surface area contributed by atoms with Gasteiger partial charge in [-0.05, 0) is 44.4 Å². The lowest BCUT2D eigenvalue weighted by molar-refractivity contribution is -0.143. The predicted octanol–water partition coefficient (Wildman–Crippen LogP) is 2.38. The normalized spacial score (nSPS) is 28.1. The number of carboxylic acids is 1. The Bertz CT molecular complexity index is 934. The van der Waals surface area contributed by atoms with Crippen LogP contribution in [0.25, 0.3) is 10.9 Å². The number of aromatic nitrogens is 1. The van der Waals surface area contributed by atoms with Crippen LogP contribution < -0.4 is 0 Å². The minimum absolute atomic E-state index is 0.0319. The van der Waals surface area contributed by atoms with Crippen LogP contribution in [0.1, 0.15) is 37.1 Å². The van der Waals surface area contributed by atoms with E-state index in [0.717, 1.165) is 6.42 Å². The maximum Gasteiger partial charge on any atom is 0.304 e. The number of aryl methyl sites for hydroxylation is 1. The van der Waals surface area contributed by atoms with Crippen LogP contribution in [0.4, 0.5) is 0 Å². The second-order valence-corrected chi connectivity index (χ2v) is 8.45. The van der Waals surface area contributed by atoms with Crippen molar-refractivity contribution in [3.63, 3.8) is 0 Å². The second kappa shape index (κ2) is 7.01. The lowest BCUT2D eigenvalue weighted by Gasteiger charge is -2.52. The summed E-state index contributed by atoms with van der Waals surface area (Å²) in [5.74, 6) is -1.83. The molecule has 5 atom stereocenters. The highest BCUT2D eigenvalue weighted by atomic mass is 16.4. The predicted molar refractivity (Wildman–Crippen MR) is 106 cm³/mol. The van der Waals surface area contributed by atoms with Crippen LogP contribution in [0, 0.1) is 17.8 Å². The van der Waals surface area contributed by atoms with Gasteiger partial charge in [0.15, 0.2) is 0 Å². The molecule has 6 heteroatoms. The molecule has 2 aliphatic rings. The van der Waals surface area contributed by atoms with Crippen LogP contribution in [0.3, 0.4) is 0 Å². The Hall–Kier alpha value is -2.18. The summed E-state index contributed by atoms with van der Waals surface area (Å²) in [6.07, 6.45) is 1.33. The van der Waals surface area contributed by atoms with Gasteiger partial charge in [-0.15, -0.1) is 0 Å². The van der Waals surface area contributed by atoms with Crippen LogP contribution in [0.15, 0.2) is 24.3 Å². The summed E-state index contributed by atoms with van der Waals surface area (Å²) in [4.78, 5) is 26.1. The maximum absolute atomic E-state index is 12.3. The van der Waals surface area contributed by atoms with E-state index in [4.69, 9.17) is 0 Å². The molecule has 2 aliphatic heterocycles. The number of carbonyl (C=O) groups excluding carboxylic acids is 1. The van der Waals surface area contributed by atoms with Gasteiger partial charge in [0.2, 0.25) is 0 Å². The number of nitrogens with zero attached hydrogens (tertiary/aromatic N) is 2. The Morgan fingerprint density at radius 3 is 2.61 bits per heavy atom. The molecule has 1 unspecified atom stereocenters. The minimum Gasteiger partial charge on any atom is -0.481 e.